The molecule has 0 fully saturated rings. The molecule has 9 N–H and O–H groups in total. The van der Waals surface area contributed by atoms with Gasteiger partial charge in [-0.15, -0.1) is 0 Å². The summed E-state index contributed by atoms with van der Waals surface area (Å²) in [6.45, 7) is 0.155. The van der Waals surface area contributed by atoms with Gasteiger partial charge in [0.05, 0.1) is 29.0 Å². The Bertz CT molecular complexity index is 1550. The van der Waals surface area contributed by atoms with Crippen molar-refractivity contribution in [2.24, 2.45) is 23.2 Å². The molecule has 0 aliphatic rings. The number of hydrogen-bond acceptors (Lipinski definition) is 5. The van der Waals surface area contributed by atoms with Crippen molar-refractivity contribution in [3.8, 4) is 22.3 Å². The Morgan fingerprint density at radius 3 is 1.42 bits per heavy atom. The van der Waals surface area contributed by atoms with Gasteiger partial charge in [0.2, 0.25) is 0 Å². The molecular weight excluding hydrogens is 482 g/mol. The molecule has 0 atom stereocenters. The van der Waals surface area contributed by atoms with Crippen LogP contribution < -0.4 is 33.2 Å². The molecule has 0 bridgehead atoms. The summed E-state index contributed by atoms with van der Waals surface area (Å²) in [4.78, 5) is 24.0. The highest BCUT2D eigenvalue weighted by molar-refractivity contribution is 6.19. The summed E-state index contributed by atoms with van der Waals surface area (Å²) in [5, 5.41) is 13.3. The van der Waals surface area contributed by atoms with Crippen molar-refractivity contribution in [2.45, 2.75) is 6.54 Å². The van der Waals surface area contributed by atoms with Crippen LogP contribution in [0.5, 0.6) is 0 Å². The van der Waals surface area contributed by atoms with Crippen LogP contribution >= 0.6 is 0 Å². The summed E-state index contributed by atoms with van der Waals surface area (Å²) in [7, 11) is 0. The number of aromatic nitrogens is 1. The fourth-order valence-electron chi connectivity index (χ4n) is 4.87. The Balaban J connectivity index is 2.01. The van der Waals surface area contributed by atoms with Crippen LogP contribution in [0.4, 0.5) is 21.0 Å². The van der Waals surface area contributed by atoms with Gasteiger partial charge in [0.15, 0.2) is 0 Å². The Kier molecular flexibility index (Phi) is 6.43. The first kappa shape index (κ1) is 24.8. The van der Waals surface area contributed by atoms with E-state index in [9.17, 15) is 14.7 Å². The van der Waals surface area contributed by atoms with Gasteiger partial charge < -0.3 is 21.1 Å². The fraction of sp³-hybridized carbons (Fsp3) is 0.0714. The van der Waals surface area contributed by atoms with Crippen molar-refractivity contribution < 1.29 is 14.7 Å². The van der Waals surface area contributed by atoms with Gasteiger partial charge in [0.25, 0.3) is 0 Å². The monoisotopic (exact) mass is 509 g/mol. The van der Waals surface area contributed by atoms with E-state index < -0.39 is 12.1 Å². The average molecular weight is 510 g/mol. The normalized spacial score (nSPS) is 11.1. The van der Waals surface area contributed by atoms with Gasteiger partial charge in [-0.2, -0.15) is 0 Å². The highest BCUT2D eigenvalue weighted by Crippen LogP contribution is 2.43. The number of benzene rings is 4. The number of primary amides is 2. The maximum Gasteiger partial charge on any atom is 0.333 e. The van der Waals surface area contributed by atoms with Gasteiger partial charge in [-0.3, -0.25) is 0 Å². The predicted molar refractivity (Wildman–Crippen MR) is 150 cm³/mol. The Hall–Kier alpha value is -4.90. The van der Waals surface area contributed by atoms with Crippen LogP contribution in [-0.2, 0) is 6.54 Å². The van der Waals surface area contributed by atoms with Crippen molar-refractivity contribution in [1.29, 1.82) is 0 Å². The minimum atomic E-state index is -0.824. The number of aliphatic hydroxyl groups is 1. The molecule has 0 aliphatic heterocycles. The minimum absolute atomic E-state index is 0.126. The van der Waals surface area contributed by atoms with Gasteiger partial charge in [0, 0.05) is 28.4 Å². The Morgan fingerprint density at radius 2 is 1.08 bits per heavy atom. The molecule has 192 valence electrons. The summed E-state index contributed by atoms with van der Waals surface area (Å²) in [5.41, 5.74) is 16.7. The second-order valence-corrected chi connectivity index (χ2v) is 8.80. The summed E-state index contributed by atoms with van der Waals surface area (Å²) in [5.74, 6) is 12.1. The molecule has 0 saturated heterocycles. The van der Waals surface area contributed by atoms with Crippen LogP contribution in [0, 0.1) is 0 Å². The molecule has 0 aliphatic carbocycles. The molecule has 5 rings (SSSR count). The van der Waals surface area contributed by atoms with Gasteiger partial charge in [-0.05, 0) is 35.4 Å². The van der Waals surface area contributed by atoms with E-state index in [0.717, 1.165) is 54.1 Å². The van der Waals surface area contributed by atoms with Crippen LogP contribution in [0.15, 0.2) is 84.9 Å². The molecule has 0 radical (unpaired) electrons. The molecular formula is C28H27N7O3. The molecule has 0 unspecified atom stereocenters. The van der Waals surface area contributed by atoms with Gasteiger partial charge in [-0.1, -0.05) is 60.7 Å². The number of carbonyl (C=O) groups excluding carboxylic acids is 2. The largest absolute Gasteiger partial charge is 0.395 e. The van der Waals surface area contributed by atoms with Crippen LogP contribution in [0.25, 0.3) is 44.1 Å². The maximum absolute atomic E-state index is 12.0. The van der Waals surface area contributed by atoms with Crippen LogP contribution in [0.1, 0.15) is 0 Å². The van der Waals surface area contributed by atoms with Gasteiger partial charge in [-0.25, -0.2) is 31.3 Å². The van der Waals surface area contributed by atoms with Crippen molar-refractivity contribution in [2.75, 3.05) is 16.6 Å². The number of hydrogen-bond donors (Lipinski definition) is 5. The lowest BCUT2D eigenvalue weighted by Gasteiger charge is -2.18. The first-order valence-corrected chi connectivity index (χ1v) is 11.9. The fourth-order valence-corrected chi connectivity index (χ4v) is 4.87. The third-order valence-corrected chi connectivity index (χ3v) is 6.54. The molecule has 38 heavy (non-hydrogen) atoms. The number of aliphatic hydroxyl groups excluding tert-OH is 1. The number of amides is 4. The standard InChI is InChI=1S/C28H27N7O3/c29-27(37)34(31)19-13-21(17-7-3-1-4-8-17)25-23(15-19)24-16-20(35(32)28(30)38)14-22(18-9-5-2-6-10-18)26(24)33(25)11-12-36/h1-10,13-16,36H,11-12,31-32H2,(H2,29,37)(H2,30,38). The van der Waals surface area contributed by atoms with Gasteiger partial charge >= 0.3 is 12.1 Å². The topological polar surface area (TPSA) is 170 Å². The highest BCUT2D eigenvalue weighted by atomic mass is 16.3. The second kappa shape index (κ2) is 9.87. The molecule has 10 nitrogen and oxygen atoms in total. The predicted octanol–water partition coefficient (Wildman–Crippen LogP) is 3.64. The molecule has 4 aromatic carbocycles. The number of rotatable bonds is 6. The first-order chi connectivity index (χ1) is 18.3. The smallest absolute Gasteiger partial charge is 0.333 e. The molecule has 10 heteroatoms. The van der Waals surface area contributed by atoms with E-state index in [0.29, 0.717) is 11.4 Å². The number of fused-ring (bicyclic) bond motifs is 3. The maximum atomic E-state index is 12.0. The molecule has 0 spiro atoms. The quantitative estimate of drug-likeness (QED) is 0.133. The van der Waals surface area contributed by atoms with Crippen LogP contribution in [-0.4, -0.2) is 28.3 Å². The zero-order valence-corrected chi connectivity index (χ0v) is 20.4. The SMILES string of the molecule is NC(=O)N(N)c1cc(-c2ccccc2)c2c(c1)c1cc(N(N)C(N)=O)cc(-c3ccccc3)c1n2CCO. The molecule has 4 amide bonds. The van der Waals surface area contributed by atoms with E-state index in [1.807, 2.05) is 65.2 Å². The summed E-state index contributed by atoms with van der Waals surface area (Å²) >= 11 is 0. The molecule has 1 aromatic heterocycles. The average Bonchev–Trinajstić information content (AvgIpc) is 3.25. The lowest BCUT2D eigenvalue weighted by molar-refractivity contribution is 0.253. The lowest BCUT2D eigenvalue weighted by Crippen LogP contribution is -2.41. The van der Waals surface area contributed by atoms with Crippen LogP contribution in [0.2, 0.25) is 0 Å². The third kappa shape index (κ3) is 4.18. The van der Waals surface area contributed by atoms with E-state index in [4.69, 9.17) is 23.2 Å². The van der Waals surface area contributed by atoms with E-state index in [1.165, 1.54) is 0 Å². The lowest BCUT2D eigenvalue weighted by atomic mass is 9.98. The van der Waals surface area contributed by atoms with E-state index in [1.54, 1.807) is 24.3 Å². The Morgan fingerprint density at radius 1 is 0.684 bits per heavy atom. The highest BCUT2D eigenvalue weighted by Gasteiger charge is 2.23. The van der Waals surface area contributed by atoms with E-state index in [2.05, 4.69) is 0 Å². The zero-order valence-electron chi connectivity index (χ0n) is 20.4. The number of urea groups is 2. The molecule has 0 saturated carbocycles. The van der Waals surface area contributed by atoms with E-state index >= 15 is 0 Å². The Labute approximate surface area is 218 Å². The summed E-state index contributed by atoms with van der Waals surface area (Å²) in [6.07, 6.45) is 0. The van der Waals surface area contributed by atoms with Crippen molar-refractivity contribution >= 4 is 45.2 Å². The molecule has 1 heterocycles. The van der Waals surface area contributed by atoms with Crippen molar-refractivity contribution in [1.82, 2.24) is 4.57 Å². The number of nitrogens with zero attached hydrogens (tertiary/aromatic N) is 3. The van der Waals surface area contributed by atoms with Gasteiger partial charge in [0.1, 0.15) is 0 Å². The molecule has 5 aromatic rings. The zero-order chi connectivity index (χ0) is 27.0. The number of anilines is 2. The summed E-state index contributed by atoms with van der Waals surface area (Å²) in [6, 6.07) is 24.7. The summed E-state index contributed by atoms with van der Waals surface area (Å²) < 4.78 is 2.03. The van der Waals surface area contributed by atoms with Crippen molar-refractivity contribution in [3.05, 3.63) is 84.9 Å². The third-order valence-electron chi connectivity index (χ3n) is 6.54. The number of carbonyl (C=O) groups is 2. The van der Waals surface area contributed by atoms with Crippen LogP contribution in [0.3, 0.4) is 0 Å². The first-order valence-electron chi connectivity index (χ1n) is 11.9. The van der Waals surface area contributed by atoms with E-state index in [-0.39, 0.29) is 13.2 Å². The minimum Gasteiger partial charge on any atom is -0.395 e. The number of nitrogens with two attached hydrogens (primary N) is 4. The second-order valence-electron chi connectivity index (χ2n) is 8.80. The van der Waals surface area contributed by atoms with Crippen molar-refractivity contribution in [3.63, 3.8) is 0 Å². The number of hydrazine groups is 2.